The summed E-state index contributed by atoms with van der Waals surface area (Å²) in [6, 6.07) is 1.63. The van der Waals surface area contributed by atoms with Crippen LogP contribution in [-0.4, -0.2) is 37.2 Å². The first kappa shape index (κ1) is 17.7. The fourth-order valence-corrected chi connectivity index (χ4v) is 1.89. The van der Waals surface area contributed by atoms with Crippen molar-refractivity contribution in [3.63, 3.8) is 0 Å². The van der Waals surface area contributed by atoms with E-state index < -0.39 is 0 Å². The van der Waals surface area contributed by atoms with Gasteiger partial charge in [-0.2, -0.15) is 0 Å². The second-order valence-corrected chi connectivity index (χ2v) is 5.11. The molecular formula is C15H24ClN3O2. The molecular weight excluding hydrogens is 290 g/mol. The lowest BCUT2D eigenvalue weighted by molar-refractivity contribution is 0.0941. The molecule has 0 saturated carbocycles. The van der Waals surface area contributed by atoms with Gasteiger partial charge in [-0.3, -0.25) is 4.79 Å². The van der Waals surface area contributed by atoms with Gasteiger partial charge < -0.3 is 15.4 Å². The number of carbonyl (C=O) groups excluding carboxylic acids is 1. The van der Waals surface area contributed by atoms with Crippen LogP contribution >= 0.6 is 11.6 Å². The lowest BCUT2D eigenvalue weighted by Gasteiger charge is -2.09. The van der Waals surface area contributed by atoms with Crippen molar-refractivity contribution in [2.75, 3.05) is 31.6 Å². The minimum atomic E-state index is -0.165. The average molecular weight is 314 g/mol. The average Bonchev–Trinajstić information content (AvgIpc) is 2.49. The van der Waals surface area contributed by atoms with Gasteiger partial charge in [0, 0.05) is 32.5 Å². The van der Waals surface area contributed by atoms with Crippen molar-refractivity contribution in [2.24, 2.45) is 0 Å². The summed E-state index contributed by atoms with van der Waals surface area (Å²) in [6.07, 6.45) is 4.32. The minimum absolute atomic E-state index is 0.165. The number of rotatable bonds is 10. The van der Waals surface area contributed by atoms with E-state index >= 15 is 0 Å². The number of nitrogens with one attached hydrogen (secondary N) is 2. The molecule has 118 valence electrons. The van der Waals surface area contributed by atoms with E-state index in [1.807, 2.05) is 0 Å². The highest BCUT2D eigenvalue weighted by molar-refractivity contribution is 6.33. The highest BCUT2D eigenvalue weighted by Gasteiger charge is 2.09. The van der Waals surface area contributed by atoms with Crippen molar-refractivity contribution in [3.05, 3.63) is 22.8 Å². The number of hydrogen-bond donors (Lipinski definition) is 2. The van der Waals surface area contributed by atoms with Gasteiger partial charge in [-0.1, -0.05) is 25.4 Å². The Kier molecular flexibility index (Phi) is 8.78. The van der Waals surface area contributed by atoms with Gasteiger partial charge in [-0.15, -0.1) is 0 Å². The van der Waals surface area contributed by atoms with Crippen molar-refractivity contribution < 1.29 is 9.53 Å². The Balaban J connectivity index is 2.38. The molecule has 0 aliphatic rings. The first-order valence-electron chi connectivity index (χ1n) is 7.44. The molecule has 0 spiro atoms. The van der Waals surface area contributed by atoms with Crippen LogP contribution in [0.15, 0.2) is 12.3 Å². The predicted octanol–water partition coefficient (Wildman–Crippen LogP) is 3.10. The summed E-state index contributed by atoms with van der Waals surface area (Å²) < 4.78 is 5.35. The Labute approximate surface area is 131 Å². The Bertz CT molecular complexity index is 441. The third-order valence-electron chi connectivity index (χ3n) is 2.75. The smallest absolute Gasteiger partial charge is 0.252 e. The summed E-state index contributed by atoms with van der Waals surface area (Å²) in [5, 5.41) is 6.40. The number of ether oxygens (including phenoxy) is 1. The van der Waals surface area contributed by atoms with E-state index in [9.17, 15) is 4.79 Å². The molecule has 0 atom stereocenters. The Morgan fingerprint density at radius 1 is 1.29 bits per heavy atom. The number of anilines is 1. The highest BCUT2D eigenvalue weighted by atomic mass is 35.5. The molecule has 1 amide bonds. The molecule has 0 bridgehead atoms. The molecule has 0 unspecified atom stereocenters. The number of pyridine rings is 1. The quantitative estimate of drug-likeness (QED) is 0.652. The number of nitrogens with zero attached hydrogens (tertiary/aromatic N) is 1. The molecule has 6 heteroatoms. The molecule has 1 heterocycles. The molecule has 2 N–H and O–H groups in total. The summed E-state index contributed by atoms with van der Waals surface area (Å²) in [4.78, 5) is 16.1. The van der Waals surface area contributed by atoms with E-state index in [1.165, 1.54) is 6.20 Å². The van der Waals surface area contributed by atoms with E-state index in [1.54, 1.807) is 6.07 Å². The van der Waals surface area contributed by atoms with Gasteiger partial charge in [0.15, 0.2) is 0 Å². The van der Waals surface area contributed by atoms with Crippen LogP contribution in [0, 0.1) is 0 Å². The Hall–Kier alpha value is -1.33. The molecule has 1 aromatic rings. The maximum absolute atomic E-state index is 11.9. The lowest BCUT2D eigenvalue weighted by atomic mass is 10.2. The fourth-order valence-electron chi connectivity index (χ4n) is 1.66. The zero-order valence-corrected chi connectivity index (χ0v) is 13.5. The van der Waals surface area contributed by atoms with Crippen LogP contribution in [0.3, 0.4) is 0 Å². The number of halogens is 1. The van der Waals surface area contributed by atoms with Gasteiger partial charge in [0.2, 0.25) is 0 Å². The van der Waals surface area contributed by atoms with Crippen molar-refractivity contribution in [1.29, 1.82) is 0 Å². The lowest BCUT2D eigenvalue weighted by Crippen LogP contribution is -2.25. The van der Waals surface area contributed by atoms with Gasteiger partial charge in [-0.05, 0) is 25.3 Å². The summed E-state index contributed by atoms with van der Waals surface area (Å²) in [5.74, 6) is 0.449. The highest BCUT2D eigenvalue weighted by Crippen LogP contribution is 2.19. The first-order valence-corrected chi connectivity index (χ1v) is 7.82. The van der Waals surface area contributed by atoms with Crippen LogP contribution < -0.4 is 10.6 Å². The standard InChI is InChI=1S/C15H24ClN3O2/c1-3-6-17-14-13(16)10-12(11-19-14)15(20)18-7-5-9-21-8-4-2/h10-11H,3-9H2,1-2H3,(H,17,19)(H,18,20). The minimum Gasteiger partial charge on any atom is -0.381 e. The summed E-state index contributed by atoms with van der Waals surface area (Å²) >= 11 is 6.10. The van der Waals surface area contributed by atoms with Gasteiger partial charge in [-0.25, -0.2) is 4.98 Å². The van der Waals surface area contributed by atoms with Crippen LogP contribution in [-0.2, 0) is 4.74 Å². The van der Waals surface area contributed by atoms with Crippen molar-refractivity contribution >= 4 is 23.3 Å². The Morgan fingerprint density at radius 2 is 2.10 bits per heavy atom. The number of aromatic nitrogens is 1. The fraction of sp³-hybridized carbons (Fsp3) is 0.600. The van der Waals surface area contributed by atoms with Gasteiger partial charge in [0.25, 0.3) is 5.91 Å². The summed E-state index contributed by atoms with van der Waals surface area (Å²) in [5.41, 5.74) is 0.469. The molecule has 0 saturated heterocycles. The van der Waals surface area contributed by atoms with Crippen molar-refractivity contribution in [3.8, 4) is 0 Å². The van der Waals surface area contributed by atoms with E-state index in [0.29, 0.717) is 29.6 Å². The maximum atomic E-state index is 11.9. The molecule has 5 nitrogen and oxygen atoms in total. The van der Waals surface area contributed by atoms with Gasteiger partial charge in [0.1, 0.15) is 5.82 Å². The van der Waals surface area contributed by atoms with Crippen LogP contribution in [0.4, 0.5) is 5.82 Å². The third-order valence-corrected chi connectivity index (χ3v) is 3.03. The summed E-state index contributed by atoms with van der Waals surface area (Å²) in [6.45, 7) is 6.93. The third kappa shape index (κ3) is 6.78. The van der Waals surface area contributed by atoms with Gasteiger partial charge in [0.05, 0.1) is 10.6 Å². The molecule has 21 heavy (non-hydrogen) atoms. The van der Waals surface area contributed by atoms with E-state index in [0.717, 1.165) is 32.4 Å². The topological polar surface area (TPSA) is 63.2 Å². The van der Waals surface area contributed by atoms with E-state index in [4.69, 9.17) is 16.3 Å². The monoisotopic (exact) mass is 313 g/mol. The van der Waals surface area contributed by atoms with Crippen LogP contribution in [0.1, 0.15) is 43.5 Å². The SMILES string of the molecule is CCCNc1ncc(C(=O)NCCCOCCC)cc1Cl. The summed E-state index contributed by atoms with van der Waals surface area (Å²) in [7, 11) is 0. The normalized spacial score (nSPS) is 10.4. The molecule has 0 radical (unpaired) electrons. The molecule has 0 fully saturated rings. The van der Waals surface area contributed by atoms with Crippen molar-refractivity contribution in [1.82, 2.24) is 10.3 Å². The van der Waals surface area contributed by atoms with Gasteiger partial charge >= 0.3 is 0 Å². The van der Waals surface area contributed by atoms with Crippen LogP contribution in [0.5, 0.6) is 0 Å². The molecule has 0 aromatic carbocycles. The molecule has 0 aliphatic heterocycles. The molecule has 1 rings (SSSR count). The van der Waals surface area contributed by atoms with Crippen LogP contribution in [0.2, 0.25) is 5.02 Å². The maximum Gasteiger partial charge on any atom is 0.252 e. The zero-order valence-electron chi connectivity index (χ0n) is 12.7. The largest absolute Gasteiger partial charge is 0.381 e. The molecule has 0 aliphatic carbocycles. The molecule has 1 aromatic heterocycles. The predicted molar refractivity (Wildman–Crippen MR) is 86.1 cm³/mol. The van der Waals surface area contributed by atoms with E-state index in [2.05, 4.69) is 29.5 Å². The Morgan fingerprint density at radius 3 is 2.76 bits per heavy atom. The number of amides is 1. The number of hydrogen-bond acceptors (Lipinski definition) is 4. The second-order valence-electron chi connectivity index (χ2n) is 4.70. The zero-order chi connectivity index (χ0) is 15.5. The van der Waals surface area contributed by atoms with Crippen molar-refractivity contribution in [2.45, 2.75) is 33.1 Å². The first-order chi connectivity index (χ1) is 10.2. The van der Waals surface area contributed by atoms with E-state index in [-0.39, 0.29) is 5.91 Å². The van der Waals surface area contributed by atoms with Crippen LogP contribution in [0.25, 0.3) is 0 Å². The number of carbonyl (C=O) groups is 1. The second kappa shape index (κ2) is 10.4.